The van der Waals surface area contributed by atoms with Crippen molar-refractivity contribution in [3.8, 4) is 17.9 Å². The molecule has 1 aromatic carbocycles. The Kier molecular flexibility index (Phi) is 20.2. The number of hydrogen-bond acceptors (Lipinski definition) is 12. The van der Waals surface area contributed by atoms with Crippen LogP contribution >= 0.6 is 7.82 Å². The number of rotatable bonds is 30. The van der Waals surface area contributed by atoms with Gasteiger partial charge in [-0.2, -0.15) is 15.6 Å². The first kappa shape index (κ1) is 46.1. The van der Waals surface area contributed by atoms with E-state index < -0.39 is 25.6 Å². The van der Waals surface area contributed by atoms with E-state index >= 15 is 0 Å². The molecule has 4 rings (SSSR count). The molecule has 1 unspecified atom stereocenters. The molecule has 0 bridgehead atoms. The number of ether oxygens (including phenoxy) is 4. The number of nitrogen functional groups attached to an aromatic ring is 1. The fourth-order valence-corrected chi connectivity index (χ4v) is 7.90. The highest BCUT2D eigenvalue weighted by molar-refractivity contribution is 7.47. The molecule has 0 spiro atoms. The Morgan fingerprint density at radius 2 is 1.63 bits per heavy atom. The largest absolute Gasteiger partial charge is 0.495 e. The van der Waals surface area contributed by atoms with Gasteiger partial charge in [0.2, 0.25) is 0 Å². The van der Waals surface area contributed by atoms with Gasteiger partial charge in [0.15, 0.2) is 11.4 Å². The van der Waals surface area contributed by atoms with Crippen molar-refractivity contribution >= 4 is 19.2 Å². The lowest BCUT2D eigenvalue weighted by Gasteiger charge is -2.23. The first-order valence-corrected chi connectivity index (χ1v) is 22.3. The van der Waals surface area contributed by atoms with Crippen molar-refractivity contribution in [2.75, 3.05) is 39.3 Å². The van der Waals surface area contributed by atoms with E-state index in [-0.39, 0.29) is 32.2 Å². The molecule has 1 fully saturated rings. The highest BCUT2D eigenvalue weighted by Gasteiger charge is 2.45. The number of aromatic nitrogens is 3. The second-order valence-electron chi connectivity index (χ2n) is 14.9. The van der Waals surface area contributed by atoms with Gasteiger partial charge in [0.1, 0.15) is 35.8 Å². The van der Waals surface area contributed by atoms with E-state index in [0.29, 0.717) is 42.0 Å². The summed E-state index contributed by atoms with van der Waals surface area (Å²) in [5.41, 5.74) is 6.74. The SMILES string of the molecule is CCCCCCCCCCCCCCCCCCOC[C@H](COP(=O)(O)OC[C@@H]1CC[C@](C#N)(c2ccc3c(N)ncnn23)O1)OCc1ccc(OC)c(C#N)c1. The van der Waals surface area contributed by atoms with E-state index in [2.05, 4.69) is 29.1 Å². The molecule has 2 aromatic heterocycles. The van der Waals surface area contributed by atoms with Crippen LogP contribution in [-0.2, 0) is 40.0 Å². The van der Waals surface area contributed by atoms with Gasteiger partial charge in [0, 0.05) is 6.61 Å². The van der Waals surface area contributed by atoms with Crippen LogP contribution in [0.1, 0.15) is 139 Å². The van der Waals surface area contributed by atoms with E-state index in [9.17, 15) is 20.0 Å². The van der Waals surface area contributed by atoms with Gasteiger partial charge in [-0.25, -0.2) is 14.1 Å². The zero-order valence-corrected chi connectivity index (χ0v) is 34.8. The maximum Gasteiger partial charge on any atom is 0.472 e. The van der Waals surface area contributed by atoms with Gasteiger partial charge in [-0.1, -0.05) is 109 Å². The molecule has 0 saturated carbocycles. The zero-order chi connectivity index (χ0) is 40.8. The van der Waals surface area contributed by atoms with Gasteiger partial charge in [0.25, 0.3) is 0 Å². The molecule has 1 aliphatic rings. The average Bonchev–Trinajstić information content (AvgIpc) is 3.86. The van der Waals surface area contributed by atoms with Crippen LogP contribution in [0.2, 0.25) is 0 Å². The topological polar surface area (TPSA) is 196 Å². The molecule has 1 aliphatic heterocycles. The van der Waals surface area contributed by atoms with Crippen LogP contribution < -0.4 is 10.5 Å². The van der Waals surface area contributed by atoms with Crippen LogP contribution in [0.4, 0.5) is 5.82 Å². The van der Waals surface area contributed by atoms with Gasteiger partial charge >= 0.3 is 7.82 Å². The van der Waals surface area contributed by atoms with E-state index in [1.165, 1.54) is 108 Å². The predicted molar refractivity (Wildman–Crippen MR) is 217 cm³/mol. The third-order valence-corrected chi connectivity index (χ3v) is 11.4. The quantitative estimate of drug-likeness (QED) is 0.0478. The fraction of sp³-hybridized carbons (Fsp3) is 0.667. The Balaban J connectivity index is 1.17. The van der Waals surface area contributed by atoms with Crippen LogP contribution in [0.3, 0.4) is 0 Å². The first-order chi connectivity index (χ1) is 27.7. The smallest absolute Gasteiger partial charge is 0.472 e. The molecule has 14 nitrogen and oxygen atoms in total. The summed E-state index contributed by atoms with van der Waals surface area (Å²) < 4.78 is 48.6. The summed E-state index contributed by atoms with van der Waals surface area (Å²) in [6.07, 6.45) is 21.3. The zero-order valence-electron chi connectivity index (χ0n) is 33.9. The average molecular weight is 811 g/mol. The van der Waals surface area contributed by atoms with Crippen molar-refractivity contribution in [3.63, 3.8) is 0 Å². The Labute approximate surface area is 338 Å². The van der Waals surface area contributed by atoms with Gasteiger partial charge in [-0.3, -0.25) is 9.05 Å². The Hall–Kier alpha value is -3.59. The molecule has 4 atom stereocenters. The number of methoxy groups -OCH3 is 1. The Morgan fingerprint density at radius 3 is 2.26 bits per heavy atom. The van der Waals surface area contributed by atoms with Gasteiger partial charge in [-0.05, 0) is 49.1 Å². The molecule has 0 aliphatic carbocycles. The Bertz CT molecular complexity index is 1760. The molecular formula is C42H63N6O8P. The van der Waals surface area contributed by atoms with Crippen molar-refractivity contribution < 1.29 is 37.5 Å². The molecule has 15 heteroatoms. The number of nitrogens with zero attached hydrogens (tertiary/aromatic N) is 5. The number of phosphoric acid groups is 1. The summed E-state index contributed by atoms with van der Waals surface area (Å²) in [6, 6.07) is 12.9. The molecule has 57 heavy (non-hydrogen) atoms. The summed E-state index contributed by atoms with van der Waals surface area (Å²) in [4.78, 5) is 14.6. The molecule has 0 amide bonds. The summed E-state index contributed by atoms with van der Waals surface area (Å²) in [7, 11) is -3.05. The number of nitriles is 2. The molecule has 3 N–H and O–H groups in total. The first-order valence-electron chi connectivity index (χ1n) is 20.8. The number of anilines is 1. The maximum absolute atomic E-state index is 13.0. The summed E-state index contributed by atoms with van der Waals surface area (Å²) in [6.45, 7) is 2.49. The second kappa shape index (κ2) is 25.0. The lowest BCUT2D eigenvalue weighted by Crippen LogP contribution is -2.28. The molecule has 0 radical (unpaired) electrons. The minimum absolute atomic E-state index is 0.114. The number of nitrogens with two attached hydrogens (primary N) is 1. The highest BCUT2D eigenvalue weighted by Crippen LogP contribution is 2.46. The normalized spacial score (nSPS) is 18.3. The van der Waals surface area contributed by atoms with Crippen molar-refractivity contribution in [1.29, 1.82) is 10.5 Å². The lowest BCUT2D eigenvalue weighted by molar-refractivity contribution is -0.0560. The standard InChI is InChI=1S/C42H63N6O8P/c1-3-4-5-6-7-8-9-10-11-12-13-14-15-16-17-18-25-52-29-37(53-28-34-19-21-39(51-2)35(26-34)27-43)31-55-57(49,50)54-30-36-23-24-42(32-44,56-36)40-22-20-38-41(45)46-33-47-48(38)40/h19-22,26,33,36-37H,3-18,23-25,28-31H2,1-2H3,(H,49,50)(H2,45,46,47)/t36-,37+,42-/m0/s1. The van der Waals surface area contributed by atoms with Crippen molar-refractivity contribution in [2.45, 2.75) is 147 Å². The summed E-state index contributed by atoms with van der Waals surface area (Å²) >= 11 is 0. The summed E-state index contributed by atoms with van der Waals surface area (Å²) in [5, 5.41) is 23.9. The summed E-state index contributed by atoms with van der Waals surface area (Å²) in [5.74, 6) is 0.727. The van der Waals surface area contributed by atoms with Gasteiger partial charge in [0.05, 0.1) is 50.9 Å². The van der Waals surface area contributed by atoms with Gasteiger partial charge in [-0.15, -0.1) is 0 Å². The third kappa shape index (κ3) is 15.3. The monoisotopic (exact) mass is 810 g/mol. The van der Waals surface area contributed by atoms with E-state index in [1.54, 1.807) is 30.3 Å². The van der Waals surface area contributed by atoms with Crippen LogP contribution in [0, 0.1) is 22.7 Å². The number of benzene rings is 1. The van der Waals surface area contributed by atoms with Crippen LogP contribution in [0.15, 0.2) is 36.7 Å². The van der Waals surface area contributed by atoms with Crippen molar-refractivity contribution in [1.82, 2.24) is 14.6 Å². The molecule has 3 heterocycles. The molecule has 3 aromatic rings. The minimum atomic E-state index is -4.55. The van der Waals surface area contributed by atoms with E-state index in [1.807, 2.05) is 0 Å². The number of fused-ring (bicyclic) bond motifs is 1. The highest BCUT2D eigenvalue weighted by atomic mass is 31.2. The minimum Gasteiger partial charge on any atom is -0.495 e. The number of hydrogen-bond donors (Lipinski definition) is 2. The predicted octanol–water partition coefficient (Wildman–Crippen LogP) is 9.09. The van der Waals surface area contributed by atoms with Gasteiger partial charge < -0.3 is 29.6 Å². The maximum atomic E-state index is 13.0. The van der Waals surface area contributed by atoms with Crippen LogP contribution in [0.5, 0.6) is 5.75 Å². The van der Waals surface area contributed by atoms with E-state index in [0.717, 1.165) is 18.4 Å². The van der Waals surface area contributed by atoms with Crippen LogP contribution in [-0.4, -0.2) is 65.2 Å². The third-order valence-electron chi connectivity index (χ3n) is 10.4. The number of phosphoric ester groups is 1. The molecule has 1 saturated heterocycles. The lowest BCUT2D eigenvalue weighted by atomic mass is 9.98. The fourth-order valence-electron chi connectivity index (χ4n) is 7.12. The number of unbranched alkanes of at least 4 members (excludes halogenated alkanes) is 15. The second-order valence-corrected chi connectivity index (χ2v) is 16.3. The van der Waals surface area contributed by atoms with Crippen molar-refractivity contribution in [2.24, 2.45) is 0 Å². The van der Waals surface area contributed by atoms with Crippen LogP contribution in [0.25, 0.3) is 5.52 Å². The van der Waals surface area contributed by atoms with Crippen molar-refractivity contribution in [3.05, 3.63) is 53.5 Å². The molecular weight excluding hydrogens is 747 g/mol. The molecule has 314 valence electrons. The Morgan fingerprint density at radius 1 is 0.965 bits per heavy atom. The van der Waals surface area contributed by atoms with E-state index in [4.69, 9.17) is 33.7 Å².